The molecule has 1 amide bonds. The molecule has 0 unspecified atom stereocenters. The lowest BCUT2D eigenvalue weighted by molar-refractivity contribution is -0.116. The fraction of sp³-hybridized carbons (Fsp3) is 0.0714. The summed E-state index contributed by atoms with van der Waals surface area (Å²) in [6, 6.07) is 9.23. The van der Waals surface area contributed by atoms with E-state index >= 15 is 0 Å². The molecule has 2 aromatic carbocycles. The maximum atomic E-state index is 11.0. The Morgan fingerprint density at radius 1 is 1.33 bits per heavy atom. The minimum Gasteiger partial charge on any atom is -0.507 e. The number of rotatable bonds is 2. The second-order valence-corrected chi connectivity index (χ2v) is 6.23. The van der Waals surface area contributed by atoms with Crippen LogP contribution in [0.5, 0.6) is 5.75 Å². The van der Waals surface area contributed by atoms with E-state index in [9.17, 15) is 9.90 Å². The van der Waals surface area contributed by atoms with Crippen LogP contribution in [0.15, 0.2) is 45.0 Å². The van der Waals surface area contributed by atoms with Crippen LogP contribution in [0.3, 0.4) is 0 Å². The van der Waals surface area contributed by atoms with Crippen molar-refractivity contribution in [2.45, 2.75) is 0 Å². The van der Waals surface area contributed by atoms with Gasteiger partial charge in [0.25, 0.3) is 0 Å². The maximum Gasteiger partial charge on any atom is 0.236 e. The van der Waals surface area contributed by atoms with Crippen LogP contribution in [0, 0.1) is 0 Å². The number of carbonyl (C=O) groups is 1. The molecule has 1 heterocycles. The molecule has 2 aromatic rings. The molecule has 0 aromatic heterocycles. The summed E-state index contributed by atoms with van der Waals surface area (Å²) < 4.78 is 0.967. The molecule has 1 aliphatic heterocycles. The van der Waals surface area contributed by atoms with E-state index in [1.165, 1.54) is 18.0 Å². The van der Waals surface area contributed by atoms with Gasteiger partial charge < -0.3 is 10.4 Å². The molecule has 7 heteroatoms. The number of thioether (sulfide) groups is 1. The molecular formula is C14H10BrN3O2S. The van der Waals surface area contributed by atoms with Gasteiger partial charge in [-0.05, 0) is 29.0 Å². The second kappa shape index (κ2) is 5.87. The molecule has 1 saturated heterocycles. The fourth-order valence-electron chi connectivity index (χ4n) is 1.97. The lowest BCUT2D eigenvalue weighted by Crippen LogP contribution is -2.19. The summed E-state index contributed by atoms with van der Waals surface area (Å²) in [4.78, 5) is 11.0. The molecule has 21 heavy (non-hydrogen) atoms. The van der Waals surface area contributed by atoms with E-state index in [1.54, 1.807) is 6.07 Å². The maximum absolute atomic E-state index is 11.0. The van der Waals surface area contributed by atoms with E-state index in [-0.39, 0.29) is 11.7 Å². The topological polar surface area (TPSA) is 74.0 Å². The Kier molecular flexibility index (Phi) is 3.94. The van der Waals surface area contributed by atoms with Gasteiger partial charge in [0.15, 0.2) is 5.17 Å². The molecule has 1 fully saturated rings. The van der Waals surface area contributed by atoms with Crippen molar-refractivity contribution in [1.82, 2.24) is 5.32 Å². The predicted molar refractivity (Wildman–Crippen MR) is 88.9 cm³/mol. The van der Waals surface area contributed by atoms with Gasteiger partial charge >= 0.3 is 0 Å². The summed E-state index contributed by atoms with van der Waals surface area (Å²) in [7, 11) is 0. The van der Waals surface area contributed by atoms with Gasteiger partial charge in [-0.3, -0.25) is 4.79 Å². The van der Waals surface area contributed by atoms with E-state index in [4.69, 9.17) is 0 Å². The Morgan fingerprint density at radius 3 is 2.95 bits per heavy atom. The van der Waals surface area contributed by atoms with Crippen LogP contribution in [0.1, 0.15) is 5.56 Å². The number of phenols is 1. The zero-order valence-corrected chi connectivity index (χ0v) is 13.1. The summed E-state index contributed by atoms with van der Waals surface area (Å²) in [6.45, 7) is 0. The number of hydrogen-bond donors (Lipinski definition) is 2. The smallest absolute Gasteiger partial charge is 0.236 e. The van der Waals surface area contributed by atoms with Gasteiger partial charge in [-0.1, -0.05) is 39.8 Å². The summed E-state index contributed by atoms with van der Waals surface area (Å²) in [5.74, 6) is 0.422. The van der Waals surface area contributed by atoms with Crippen LogP contribution in [0.25, 0.3) is 10.8 Å². The van der Waals surface area contributed by atoms with Crippen LogP contribution in [-0.2, 0) is 4.79 Å². The monoisotopic (exact) mass is 363 g/mol. The molecule has 0 aliphatic carbocycles. The number of halogens is 1. The average molecular weight is 364 g/mol. The molecule has 0 saturated carbocycles. The number of amides is 1. The zero-order valence-electron chi connectivity index (χ0n) is 10.7. The molecule has 0 radical (unpaired) electrons. The van der Waals surface area contributed by atoms with E-state index < -0.39 is 0 Å². The first-order chi connectivity index (χ1) is 10.1. The first kappa shape index (κ1) is 14.1. The Bertz CT molecular complexity index is 789. The van der Waals surface area contributed by atoms with Gasteiger partial charge in [0, 0.05) is 10.0 Å². The molecule has 3 rings (SSSR count). The number of hydrogen-bond acceptors (Lipinski definition) is 5. The van der Waals surface area contributed by atoms with Crippen LogP contribution in [0.4, 0.5) is 0 Å². The highest BCUT2D eigenvalue weighted by molar-refractivity contribution is 9.10. The van der Waals surface area contributed by atoms with Crippen molar-refractivity contribution in [2.24, 2.45) is 10.2 Å². The molecule has 106 valence electrons. The molecule has 0 atom stereocenters. The minimum absolute atomic E-state index is 0.0770. The van der Waals surface area contributed by atoms with Gasteiger partial charge in [-0.2, -0.15) is 5.10 Å². The zero-order chi connectivity index (χ0) is 14.8. The van der Waals surface area contributed by atoms with Crippen molar-refractivity contribution in [1.29, 1.82) is 0 Å². The molecule has 5 nitrogen and oxygen atoms in total. The standard InChI is InChI=1S/C14H10BrN3O2S/c15-9-2-3-10-8(5-9)1-4-12(19)11(10)6-16-18-14-17-13(20)7-21-14/h1-6,19H,7H2,(H,17,18,20). The summed E-state index contributed by atoms with van der Waals surface area (Å²) in [5.41, 5.74) is 0.596. The van der Waals surface area contributed by atoms with Gasteiger partial charge in [0.05, 0.1) is 12.0 Å². The number of fused-ring (bicyclic) bond motifs is 1. The number of carbonyl (C=O) groups excluding carboxylic acids is 1. The lowest BCUT2D eigenvalue weighted by atomic mass is 10.0. The van der Waals surface area contributed by atoms with Gasteiger partial charge in [-0.15, -0.1) is 5.10 Å². The lowest BCUT2D eigenvalue weighted by Gasteiger charge is -2.04. The number of benzene rings is 2. The number of nitrogens with zero attached hydrogens (tertiary/aromatic N) is 2. The largest absolute Gasteiger partial charge is 0.507 e. The fourth-order valence-corrected chi connectivity index (χ4v) is 2.98. The SMILES string of the molecule is O=C1CSC(=NN=Cc2c(O)ccc3cc(Br)ccc23)N1. The average Bonchev–Trinajstić information content (AvgIpc) is 2.87. The third kappa shape index (κ3) is 3.08. The number of amidine groups is 1. The van der Waals surface area contributed by atoms with Gasteiger partial charge in [-0.25, -0.2) is 0 Å². The number of nitrogens with one attached hydrogen (secondary N) is 1. The highest BCUT2D eigenvalue weighted by Crippen LogP contribution is 2.28. The van der Waals surface area contributed by atoms with Crippen molar-refractivity contribution in [3.8, 4) is 5.75 Å². The van der Waals surface area contributed by atoms with Crippen LogP contribution in [0.2, 0.25) is 0 Å². The van der Waals surface area contributed by atoms with Crippen molar-refractivity contribution < 1.29 is 9.90 Å². The quantitative estimate of drug-likeness (QED) is 0.636. The van der Waals surface area contributed by atoms with Crippen LogP contribution < -0.4 is 5.32 Å². The Labute approximate surface area is 133 Å². The molecule has 0 bridgehead atoms. The molecule has 0 spiro atoms. The Morgan fingerprint density at radius 2 is 2.19 bits per heavy atom. The molecule has 1 aliphatic rings. The Balaban J connectivity index is 1.96. The van der Waals surface area contributed by atoms with E-state index in [0.29, 0.717) is 16.5 Å². The number of aromatic hydroxyl groups is 1. The summed E-state index contributed by atoms with van der Waals surface area (Å²) in [6.07, 6.45) is 1.49. The van der Waals surface area contributed by atoms with Gasteiger partial charge in [0.1, 0.15) is 5.75 Å². The first-order valence-electron chi connectivity index (χ1n) is 6.08. The van der Waals surface area contributed by atoms with E-state index in [1.807, 2.05) is 24.3 Å². The summed E-state index contributed by atoms with van der Waals surface area (Å²) >= 11 is 4.72. The molecular weight excluding hydrogens is 354 g/mol. The van der Waals surface area contributed by atoms with Crippen molar-refractivity contribution in [3.63, 3.8) is 0 Å². The third-order valence-electron chi connectivity index (χ3n) is 2.92. The van der Waals surface area contributed by atoms with Crippen molar-refractivity contribution in [2.75, 3.05) is 5.75 Å². The highest BCUT2D eigenvalue weighted by atomic mass is 79.9. The number of phenolic OH excluding ortho intramolecular Hbond substituents is 1. The summed E-state index contributed by atoms with van der Waals surface area (Å²) in [5, 5.41) is 22.8. The first-order valence-corrected chi connectivity index (χ1v) is 7.86. The molecule has 2 N–H and O–H groups in total. The predicted octanol–water partition coefficient (Wildman–Crippen LogP) is 2.86. The second-order valence-electron chi connectivity index (χ2n) is 4.35. The normalized spacial score (nSPS) is 17.0. The van der Waals surface area contributed by atoms with Crippen molar-refractivity contribution >= 4 is 55.8 Å². The third-order valence-corrected chi connectivity index (χ3v) is 4.28. The Hall–Kier alpha value is -1.86. The minimum atomic E-state index is -0.0770. The van der Waals surface area contributed by atoms with Crippen molar-refractivity contribution in [3.05, 3.63) is 40.4 Å². The van der Waals surface area contributed by atoms with Gasteiger partial charge in [0.2, 0.25) is 5.91 Å². The van der Waals surface area contributed by atoms with E-state index in [0.717, 1.165) is 15.2 Å². The highest BCUT2D eigenvalue weighted by Gasteiger charge is 2.16. The van der Waals surface area contributed by atoms with Crippen LogP contribution in [-0.4, -0.2) is 28.1 Å². The van der Waals surface area contributed by atoms with E-state index in [2.05, 4.69) is 31.4 Å². The van der Waals surface area contributed by atoms with Crippen LogP contribution >= 0.6 is 27.7 Å².